The maximum absolute atomic E-state index is 10.6. The second-order valence-corrected chi connectivity index (χ2v) is 10.3. The molecule has 2 aliphatic rings. The van der Waals surface area contributed by atoms with Gasteiger partial charge in [0.1, 0.15) is 12.4 Å². The molecule has 2 bridgehead atoms. The highest BCUT2D eigenvalue weighted by Crippen LogP contribution is 2.35. The first kappa shape index (κ1) is 23.8. The standard InChI is InChI=1S/C26H37N7O2/c1-18(2)21-15-30-33-23(21)31-24-29-17-26(10-12-27-13-11-26)9-5-7-20(34)16-35-22-8-4-3-6-19(22)14-28-25(33)32-24/h3-4,6,8,15,18,20,27,34H,5,7,9-14,16-17H2,1-2H3,(H2,28,29,31,32)/t20-/m0/s1. The molecule has 2 aromatic heterocycles. The Labute approximate surface area is 206 Å². The van der Waals surface area contributed by atoms with Crippen LogP contribution in [0.2, 0.25) is 0 Å². The summed E-state index contributed by atoms with van der Waals surface area (Å²) in [6.07, 6.45) is 6.33. The lowest BCUT2D eigenvalue weighted by atomic mass is 9.74. The van der Waals surface area contributed by atoms with Crippen LogP contribution in [0.5, 0.6) is 5.75 Å². The summed E-state index contributed by atoms with van der Waals surface area (Å²) in [6, 6.07) is 7.92. The van der Waals surface area contributed by atoms with Crippen LogP contribution in [-0.2, 0) is 6.54 Å². The Kier molecular flexibility index (Phi) is 7.06. The fraction of sp³-hybridized carbons (Fsp3) is 0.577. The summed E-state index contributed by atoms with van der Waals surface area (Å²) in [5.41, 5.74) is 3.08. The molecule has 4 heterocycles. The molecule has 9 nitrogen and oxygen atoms in total. The largest absolute Gasteiger partial charge is 0.491 e. The predicted molar refractivity (Wildman–Crippen MR) is 137 cm³/mol. The SMILES string of the molecule is CC(C)c1cnn2c3nc(nc12)NCC1(CCC[C@H](O)COc2ccccc2CN3)CCNCC1. The first-order valence-electron chi connectivity index (χ1n) is 12.9. The van der Waals surface area contributed by atoms with E-state index in [0.29, 0.717) is 31.0 Å². The Morgan fingerprint density at radius 1 is 1.11 bits per heavy atom. The maximum atomic E-state index is 10.6. The maximum Gasteiger partial charge on any atom is 0.229 e. The number of aromatic nitrogens is 4. The van der Waals surface area contributed by atoms with Gasteiger partial charge in [-0.15, -0.1) is 0 Å². The minimum atomic E-state index is -0.482. The minimum absolute atomic E-state index is 0.152. The van der Waals surface area contributed by atoms with Crippen LogP contribution in [0.1, 0.15) is 63.0 Å². The van der Waals surface area contributed by atoms with E-state index in [4.69, 9.17) is 14.7 Å². The van der Waals surface area contributed by atoms with Crippen molar-refractivity contribution in [2.24, 2.45) is 5.41 Å². The van der Waals surface area contributed by atoms with Crippen LogP contribution in [0.4, 0.5) is 11.9 Å². The van der Waals surface area contributed by atoms with E-state index < -0.39 is 6.10 Å². The molecule has 2 aliphatic heterocycles. The topological polar surface area (TPSA) is 109 Å². The van der Waals surface area contributed by atoms with Gasteiger partial charge in [-0.25, -0.2) is 0 Å². The van der Waals surface area contributed by atoms with Crippen LogP contribution >= 0.6 is 0 Å². The average Bonchev–Trinajstić information content (AvgIpc) is 3.30. The molecule has 0 radical (unpaired) electrons. The lowest BCUT2D eigenvalue weighted by molar-refractivity contribution is 0.0903. The van der Waals surface area contributed by atoms with Crippen molar-refractivity contribution in [1.82, 2.24) is 24.9 Å². The Morgan fingerprint density at radius 2 is 1.94 bits per heavy atom. The Hall–Kier alpha value is -2.91. The van der Waals surface area contributed by atoms with Gasteiger partial charge in [-0.2, -0.15) is 19.6 Å². The van der Waals surface area contributed by atoms with Gasteiger partial charge in [0, 0.05) is 24.2 Å². The zero-order chi connectivity index (χ0) is 24.3. The molecule has 0 aliphatic carbocycles. The summed E-state index contributed by atoms with van der Waals surface area (Å²) in [5, 5.41) is 25.7. The molecule has 0 unspecified atom stereocenters. The molecule has 0 saturated carbocycles. The highest BCUT2D eigenvalue weighted by Gasteiger charge is 2.32. The third kappa shape index (κ3) is 5.36. The molecule has 1 aromatic carbocycles. The first-order valence-corrected chi connectivity index (χ1v) is 12.9. The summed E-state index contributed by atoms with van der Waals surface area (Å²) in [5.74, 6) is 2.34. The molecule has 4 N–H and O–H groups in total. The summed E-state index contributed by atoms with van der Waals surface area (Å²) < 4.78 is 7.84. The second-order valence-electron chi connectivity index (χ2n) is 10.3. The molecular weight excluding hydrogens is 442 g/mol. The fourth-order valence-electron chi connectivity index (χ4n) is 5.18. The van der Waals surface area contributed by atoms with E-state index in [1.165, 1.54) is 0 Å². The quantitative estimate of drug-likeness (QED) is 0.420. The van der Waals surface area contributed by atoms with E-state index in [9.17, 15) is 5.11 Å². The number of nitrogens with one attached hydrogen (secondary N) is 3. The molecule has 3 aromatic rings. The van der Waals surface area contributed by atoms with E-state index in [-0.39, 0.29) is 5.41 Å². The number of hydrogen-bond donors (Lipinski definition) is 4. The molecule has 5 rings (SSSR count). The zero-order valence-corrected chi connectivity index (χ0v) is 20.8. The minimum Gasteiger partial charge on any atom is -0.491 e. The third-order valence-electron chi connectivity index (χ3n) is 7.39. The lowest BCUT2D eigenvalue weighted by Crippen LogP contribution is -2.41. The van der Waals surface area contributed by atoms with Crippen molar-refractivity contribution in [3.8, 4) is 5.75 Å². The summed E-state index contributed by atoms with van der Waals surface area (Å²) in [7, 11) is 0. The van der Waals surface area contributed by atoms with E-state index in [1.54, 1.807) is 4.52 Å². The van der Waals surface area contributed by atoms with E-state index >= 15 is 0 Å². The van der Waals surface area contributed by atoms with Crippen LogP contribution in [0.15, 0.2) is 30.5 Å². The van der Waals surface area contributed by atoms with E-state index in [2.05, 4.69) is 34.9 Å². The van der Waals surface area contributed by atoms with E-state index in [0.717, 1.165) is 74.3 Å². The molecule has 9 heteroatoms. The molecule has 1 saturated heterocycles. The van der Waals surface area contributed by atoms with Gasteiger partial charge in [0.05, 0.1) is 12.3 Å². The Balaban J connectivity index is 1.51. The fourth-order valence-corrected chi connectivity index (χ4v) is 5.18. The Morgan fingerprint density at radius 3 is 2.77 bits per heavy atom. The number of anilines is 2. The van der Waals surface area contributed by atoms with Gasteiger partial charge in [-0.3, -0.25) is 0 Å². The van der Waals surface area contributed by atoms with Gasteiger partial charge in [0.2, 0.25) is 11.9 Å². The number of para-hydroxylation sites is 1. The number of nitrogens with zero attached hydrogens (tertiary/aromatic N) is 4. The van der Waals surface area contributed by atoms with Gasteiger partial charge in [0.25, 0.3) is 0 Å². The van der Waals surface area contributed by atoms with Crippen LogP contribution in [-0.4, -0.2) is 57.0 Å². The van der Waals surface area contributed by atoms with Crippen molar-refractivity contribution < 1.29 is 9.84 Å². The second kappa shape index (κ2) is 10.4. The molecule has 1 atom stereocenters. The normalized spacial score (nSPS) is 21.2. The number of fused-ring (bicyclic) bond motifs is 5. The molecule has 188 valence electrons. The molecule has 1 spiro atoms. The number of rotatable bonds is 1. The van der Waals surface area contributed by atoms with Crippen molar-refractivity contribution in [2.45, 2.75) is 64.5 Å². The van der Waals surface area contributed by atoms with Gasteiger partial charge in [0.15, 0.2) is 5.65 Å². The Bertz CT molecular complexity index is 1140. The van der Waals surface area contributed by atoms with Crippen molar-refractivity contribution >= 4 is 17.5 Å². The van der Waals surface area contributed by atoms with Crippen LogP contribution in [0.3, 0.4) is 0 Å². The van der Waals surface area contributed by atoms with Gasteiger partial charge < -0.3 is 25.8 Å². The number of piperidine rings is 1. The first-order chi connectivity index (χ1) is 17.0. The molecule has 1 fully saturated rings. The molecule has 0 amide bonds. The molecule has 35 heavy (non-hydrogen) atoms. The van der Waals surface area contributed by atoms with Gasteiger partial charge in [-0.1, -0.05) is 38.5 Å². The van der Waals surface area contributed by atoms with Crippen molar-refractivity contribution in [2.75, 3.05) is 36.9 Å². The number of aliphatic hydroxyl groups is 1. The van der Waals surface area contributed by atoms with Crippen molar-refractivity contribution in [3.05, 3.63) is 41.6 Å². The highest BCUT2D eigenvalue weighted by atomic mass is 16.5. The lowest BCUT2D eigenvalue weighted by Gasteiger charge is -2.38. The van der Waals surface area contributed by atoms with Gasteiger partial charge in [-0.05, 0) is 56.2 Å². The summed E-state index contributed by atoms with van der Waals surface area (Å²) in [6.45, 7) is 7.96. The van der Waals surface area contributed by atoms with Crippen LogP contribution in [0, 0.1) is 5.41 Å². The van der Waals surface area contributed by atoms with E-state index in [1.807, 2.05) is 30.5 Å². The van der Waals surface area contributed by atoms with Crippen LogP contribution in [0.25, 0.3) is 5.65 Å². The van der Waals surface area contributed by atoms with Crippen molar-refractivity contribution in [1.29, 1.82) is 0 Å². The average molecular weight is 480 g/mol. The van der Waals surface area contributed by atoms with Gasteiger partial charge >= 0.3 is 0 Å². The van der Waals surface area contributed by atoms with Crippen molar-refractivity contribution in [3.63, 3.8) is 0 Å². The summed E-state index contributed by atoms with van der Waals surface area (Å²) >= 11 is 0. The zero-order valence-electron chi connectivity index (χ0n) is 20.8. The number of ether oxygens (including phenoxy) is 1. The predicted octanol–water partition coefficient (Wildman–Crippen LogP) is 3.57. The highest BCUT2D eigenvalue weighted by molar-refractivity contribution is 5.56. The van der Waals surface area contributed by atoms with Crippen LogP contribution < -0.4 is 20.7 Å². The summed E-state index contributed by atoms with van der Waals surface area (Å²) in [4.78, 5) is 9.72. The third-order valence-corrected chi connectivity index (χ3v) is 7.39. The molecular formula is C26H37N7O2. The smallest absolute Gasteiger partial charge is 0.229 e. The number of aliphatic hydroxyl groups excluding tert-OH is 1. The number of benzene rings is 1. The number of hydrogen-bond acceptors (Lipinski definition) is 8. The monoisotopic (exact) mass is 479 g/mol.